The number of nitrogens with two attached hydrogens (primary N) is 1. The van der Waals surface area contributed by atoms with Crippen LogP contribution >= 0.6 is 0 Å². The normalized spacial score (nSPS) is 10.4. The summed E-state index contributed by atoms with van der Waals surface area (Å²) >= 11 is 0. The van der Waals surface area contributed by atoms with Crippen LogP contribution in [0.4, 0.5) is 5.69 Å². The van der Waals surface area contributed by atoms with Gasteiger partial charge in [-0.05, 0) is 18.2 Å². The molecule has 0 radical (unpaired) electrons. The van der Waals surface area contributed by atoms with Gasteiger partial charge in [-0.3, -0.25) is 0 Å². The molecule has 0 saturated heterocycles. The standard InChI is InChI=1S/C8H8N2/c9-7-4-6-10-5-2-1-3-8(7)10/h1-6H,9H2. The van der Waals surface area contributed by atoms with Gasteiger partial charge in [-0.1, -0.05) is 6.07 Å². The highest BCUT2D eigenvalue weighted by Gasteiger charge is 1.93. The number of fused-ring (bicyclic) bond motifs is 1. The number of nitrogen functional groups attached to an aromatic ring is 1. The zero-order chi connectivity index (χ0) is 6.97. The van der Waals surface area contributed by atoms with E-state index in [1.165, 1.54) is 0 Å². The minimum absolute atomic E-state index is 0.834. The summed E-state index contributed by atoms with van der Waals surface area (Å²) in [5, 5.41) is 0. The fourth-order valence-corrected chi connectivity index (χ4v) is 1.08. The first-order valence-corrected chi connectivity index (χ1v) is 3.19. The van der Waals surface area contributed by atoms with Gasteiger partial charge < -0.3 is 10.1 Å². The van der Waals surface area contributed by atoms with E-state index in [1.807, 2.05) is 41.1 Å². The maximum absolute atomic E-state index is 5.66. The fraction of sp³-hybridized carbons (Fsp3) is 0. The molecule has 2 rings (SSSR count). The van der Waals surface area contributed by atoms with Crippen LogP contribution in [0.1, 0.15) is 0 Å². The molecular formula is C8H8N2. The summed E-state index contributed by atoms with van der Waals surface area (Å²) in [7, 11) is 0. The third-order valence-corrected chi connectivity index (χ3v) is 1.60. The molecule has 0 aliphatic carbocycles. The number of pyridine rings is 1. The lowest BCUT2D eigenvalue weighted by Gasteiger charge is -1.91. The Bertz CT molecular complexity index is 349. The van der Waals surface area contributed by atoms with Crippen molar-refractivity contribution in [2.24, 2.45) is 0 Å². The average molecular weight is 132 g/mol. The first-order valence-electron chi connectivity index (χ1n) is 3.19. The predicted molar refractivity (Wildman–Crippen MR) is 41.8 cm³/mol. The van der Waals surface area contributed by atoms with Gasteiger partial charge in [0.25, 0.3) is 0 Å². The van der Waals surface area contributed by atoms with Crippen molar-refractivity contribution in [2.75, 3.05) is 5.73 Å². The number of anilines is 1. The number of hydrogen-bond acceptors (Lipinski definition) is 1. The molecule has 0 aliphatic heterocycles. The summed E-state index contributed by atoms with van der Waals surface area (Å²) in [5.74, 6) is 0. The molecular weight excluding hydrogens is 124 g/mol. The zero-order valence-corrected chi connectivity index (χ0v) is 5.49. The third kappa shape index (κ3) is 0.589. The lowest BCUT2D eigenvalue weighted by atomic mass is 10.4. The van der Waals surface area contributed by atoms with Gasteiger partial charge in [-0.15, -0.1) is 0 Å². The van der Waals surface area contributed by atoms with Crippen molar-refractivity contribution in [3.05, 3.63) is 36.7 Å². The SMILES string of the molecule is Nc1ccn2ccccc12. The molecule has 2 nitrogen and oxygen atoms in total. The molecule has 0 spiro atoms. The molecule has 0 aromatic carbocycles. The summed E-state index contributed by atoms with van der Waals surface area (Å²) in [6.45, 7) is 0. The molecule has 0 fully saturated rings. The van der Waals surface area contributed by atoms with Crippen LogP contribution in [0.3, 0.4) is 0 Å². The molecule has 0 saturated carbocycles. The molecule has 0 unspecified atom stereocenters. The average Bonchev–Trinajstić information content (AvgIpc) is 2.34. The van der Waals surface area contributed by atoms with Crippen molar-refractivity contribution in [3.63, 3.8) is 0 Å². The molecule has 2 heteroatoms. The second kappa shape index (κ2) is 1.77. The first kappa shape index (κ1) is 5.35. The molecule has 2 aromatic heterocycles. The summed E-state index contributed by atoms with van der Waals surface area (Å²) in [4.78, 5) is 0. The van der Waals surface area contributed by atoms with Crippen molar-refractivity contribution in [1.29, 1.82) is 0 Å². The van der Waals surface area contributed by atoms with Crippen LogP contribution < -0.4 is 5.73 Å². The van der Waals surface area contributed by atoms with Crippen LogP contribution in [0.5, 0.6) is 0 Å². The van der Waals surface area contributed by atoms with Crippen molar-refractivity contribution in [1.82, 2.24) is 4.40 Å². The number of nitrogens with zero attached hydrogens (tertiary/aromatic N) is 1. The summed E-state index contributed by atoms with van der Waals surface area (Å²) in [6, 6.07) is 7.85. The topological polar surface area (TPSA) is 30.4 Å². The summed E-state index contributed by atoms with van der Waals surface area (Å²) in [5.41, 5.74) is 7.56. The molecule has 0 aliphatic rings. The minimum Gasteiger partial charge on any atom is -0.397 e. The molecule has 2 aromatic rings. The molecule has 50 valence electrons. The van der Waals surface area contributed by atoms with E-state index >= 15 is 0 Å². The van der Waals surface area contributed by atoms with Gasteiger partial charge >= 0.3 is 0 Å². The van der Waals surface area contributed by atoms with Crippen LogP contribution in [0.15, 0.2) is 36.7 Å². The number of rotatable bonds is 0. The maximum Gasteiger partial charge on any atom is 0.0681 e. The molecule has 2 heterocycles. The smallest absolute Gasteiger partial charge is 0.0681 e. The molecule has 0 atom stereocenters. The Kier molecular flexibility index (Phi) is 0.947. The van der Waals surface area contributed by atoms with E-state index < -0.39 is 0 Å². The fourth-order valence-electron chi connectivity index (χ4n) is 1.08. The lowest BCUT2D eigenvalue weighted by Crippen LogP contribution is -1.83. The summed E-state index contributed by atoms with van der Waals surface area (Å²) < 4.78 is 2.00. The zero-order valence-electron chi connectivity index (χ0n) is 5.49. The van der Waals surface area contributed by atoms with Crippen LogP contribution in [0.2, 0.25) is 0 Å². The van der Waals surface area contributed by atoms with Crippen LogP contribution in [0, 0.1) is 0 Å². The van der Waals surface area contributed by atoms with Crippen molar-refractivity contribution >= 4 is 11.2 Å². The van der Waals surface area contributed by atoms with Gasteiger partial charge in [0.05, 0.1) is 11.2 Å². The van der Waals surface area contributed by atoms with E-state index in [2.05, 4.69) is 0 Å². The van der Waals surface area contributed by atoms with E-state index in [1.54, 1.807) is 0 Å². The molecule has 0 bridgehead atoms. The van der Waals surface area contributed by atoms with Crippen molar-refractivity contribution in [2.45, 2.75) is 0 Å². The van der Waals surface area contributed by atoms with Crippen molar-refractivity contribution in [3.8, 4) is 0 Å². The Morgan fingerprint density at radius 2 is 2.00 bits per heavy atom. The highest BCUT2D eigenvalue weighted by molar-refractivity contribution is 5.69. The number of aromatic nitrogens is 1. The highest BCUT2D eigenvalue weighted by Crippen LogP contribution is 2.12. The van der Waals surface area contributed by atoms with Gasteiger partial charge in [0.2, 0.25) is 0 Å². The second-order valence-corrected chi connectivity index (χ2v) is 2.26. The van der Waals surface area contributed by atoms with Gasteiger partial charge in [0.1, 0.15) is 0 Å². The Morgan fingerprint density at radius 1 is 1.10 bits per heavy atom. The lowest BCUT2D eigenvalue weighted by molar-refractivity contribution is 1.20. The molecule has 10 heavy (non-hydrogen) atoms. The van der Waals surface area contributed by atoms with E-state index in [-0.39, 0.29) is 0 Å². The van der Waals surface area contributed by atoms with E-state index in [9.17, 15) is 0 Å². The Balaban J connectivity index is 2.93. The van der Waals surface area contributed by atoms with Gasteiger partial charge in [0, 0.05) is 12.4 Å². The molecule has 0 amide bonds. The predicted octanol–water partition coefficient (Wildman–Crippen LogP) is 1.52. The van der Waals surface area contributed by atoms with Crippen LogP contribution in [0.25, 0.3) is 5.52 Å². The van der Waals surface area contributed by atoms with E-state index in [0.717, 1.165) is 11.2 Å². The van der Waals surface area contributed by atoms with E-state index in [0.29, 0.717) is 0 Å². The van der Waals surface area contributed by atoms with Crippen LogP contribution in [-0.2, 0) is 0 Å². The van der Waals surface area contributed by atoms with Gasteiger partial charge in [0.15, 0.2) is 0 Å². The van der Waals surface area contributed by atoms with Gasteiger partial charge in [-0.2, -0.15) is 0 Å². The summed E-state index contributed by atoms with van der Waals surface area (Å²) in [6.07, 6.45) is 3.93. The van der Waals surface area contributed by atoms with Gasteiger partial charge in [-0.25, -0.2) is 0 Å². The van der Waals surface area contributed by atoms with E-state index in [4.69, 9.17) is 5.73 Å². The van der Waals surface area contributed by atoms with Crippen molar-refractivity contribution < 1.29 is 0 Å². The maximum atomic E-state index is 5.66. The monoisotopic (exact) mass is 132 g/mol. The third-order valence-electron chi connectivity index (χ3n) is 1.60. The van der Waals surface area contributed by atoms with Crippen LogP contribution in [-0.4, -0.2) is 4.40 Å². The largest absolute Gasteiger partial charge is 0.397 e. The minimum atomic E-state index is 0.834. The quantitative estimate of drug-likeness (QED) is 0.578. The highest BCUT2D eigenvalue weighted by atomic mass is 14.9. The Morgan fingerprint density at radius 3 is 2.80 bits per heavy atom. The molecule has 2 N–H and O–H groups in total. The number of hydrogen-bond donors (Lipinski definition) is 1. The Hall–Kier alpha value is -1.44. The first-order chi connectivity index (χ1) is 4.88. The Labute approximate surface area is 58.9 Å². The second-order valence-electron chi connectivity index (χ2n) is 2.26.